The standard InChI is InChI=1S/C25H29NO3/c1-4-28-24-7-5-6-22(17-26-16-20-12-14-23(27-3)15-13-20)25(24)29-18-21-10-8-19(2)9-11-21/h5-15,26H,4,16-18H2,1-3H3. The molecule has 0 saturated carbocycles. The van der Waals surface area contributed by atoms with Crippen molar-refractivity contribution in [1.29, 1.82) is 0 Å². The highest BCUT2D eigenvalue weighted by atomic mass is 16.5. The summed E-state index contributed by atoms with van der Waals surface area (Å²) in [6, 6.07) is 22.5. The van der Waals surface area contributed by atoms with E-state index in [1.165, 1.54) is 11.1 Å². The summed E-state index contributed by atoms with van der Waals surface area (Å²) >= 11 is 0. The number of ether oxygens (including phenoxy) is 3. The zero-order valence-electron chi connectivity index (χ0n) is 17.4. The Morgan fingerprint density at radius 3 is 2.21 bits per heavy atom. The van der Waals surface area contributed by atoms with Gasteiger partial charge < -0.3 is 19.5 Å². The molecular weight excluding hydrogens is 362 g/mol. The lowest BCUT2D eigenvalue weighted by Crippen LogP contribution is -2.14. The molecule has 0 aromatic heterocycles. The lowest BCUT2D eigenvalue weighted by molar-refractivity contribution is 0.266. The van der Waals surface area contributed by atoms with Crippen molar-refractivity contribution in [3.05, 3.63) is 89.0 Å². The molecule has 0 saturated heterocycles. The van der Waals surface area contributed by atoms with Gasteiger partial charge in [-0.15, -0.1) is 0 Å². The van der Waals surface area contributed by atoms with Crippen molar-refractivity contribution >= 4 is 0 Å². The van der Waals surface area contributed by atoms with E-state index >= 15 is 0 Å². The molecule has 1 N–H and O–H groups in total. The van der Waals surface area contributed by atoms with Crippen molar-refractivity contribution in [2.75, 3.05) is 13.7 Å². The van der Waals surface area contributed by atoms with Gasteiger partial charge in [0.25, 0.3) is 0 Å². The molecule has 3 rings (SSSR count). The van der Waals surface area contributed by atoms with E-state index < -0.39 is 0 Å². The summed E-state index contributed by atoms with van der Waals surface area (Å²) in [5, 5.41) is 3.49. The van der Waals surface area contributed by atoms with Gasteiger partial charge >= 0.3 is 0 Å². The molecule has 0 atom stereocenters. The molecule has 3 aromatic carbocycles. The van der Waals surface area contributed by atoms with E-state index in [2.05, 4.69) is 54.7 Å². The van der Waals surface area contributed by atoms with Crippen molar-refractivity contribution in [3.8, 4) is 17.2 Å². The lowest BCUT2D eigenvalue weighted by atomic mass is 10.1. The minimum atomic E-state index is 0.510. The molecule has 152 valence electrons. The molecule has 0 unspecified atom stereocenters. The molecule has 0 bridgehead atoms. The molecule has 0 spiro atoms. The monoisotopic (exact) mass is 391 g/mol. The van der Waals surface area contributed by atoms with Crippen LogP contribution in [0, 0.1) is 6.92 Å². The summed E-state index contributed by atoms with van der Waals surface area (Å²) in [5.74, 6) is 2.45. The maximum Gasteiger partial charge on any atom is 0.166 e. The van der Waals surface area contributed by atoms with Gasteiger partial charge in [0.05, 0.1) is 13.7 Å². The zero-order chi connectivity index (χ0) is 20.5. The van der Waals surface area contributed by atoms with Crippen LogP contribution in [0.1, 0.15) is 29.2 Å². The van der Waals surface area contributed by atoms with E-state index in [1.807, 2.05) is 31.2 Å². The van der Waals surface area contributed by atoms with E-state index in [0.29, 0.717) is 19.8 Å². The molecule has 0 heterocycles. The Balaban J connectivity index is 1.67. The molecule has 0 fully saturated rings. The van der Waals surface area contributed by atoms with Crippen molar-refractivity contribution in [2.45, 2.75) is 33.5 Å². The fourth-order valence-corrected chi connectivity index (χ4v) is 3.06. The van der Waals surface area contributed by atoms with Crippen LogP contribution >= 0.6 is 0 Å². The quantitative estimate of drug-likeness (QED) is 0.511. The normalized spacial score (nSPS) is 10.6. The van der Waals surface area contributed by atoms with Crippen LogP contribution in [0.3, 0.4) is 0 Å². The average molecular weight is 392 g/mol. The van der Waals surface area contributed by atoms with Crippen LogP contribution in [-0.2, 0) is 19.7 Å². The van der Waals surface area contributed by atoms with E-state index in [-0.39, 0.29) is 0 Å². The number of hydrogen-bond acceptors (Lipinski definition) is 4. The van der Waals surface area contributed by atoms with Gasteiger partial charge in [-0.3, -0.25) is 0 Å². The van der Waals surface area contributed by atoms with Crippen LogP contribution < -0.4 is 19.5 Å². The first-order valence-electron chi connectivity index (χ1n) is 9.96. The second-order valence-electron chi connectivity index (χ2n) is 6.90. The minimum Gasteiger partial charge on any atom is -0.497 e. The molecule has 29 heavy (non-hydrogen) atoms. The number of nitrogens with one attached hydrogen (secondary N) is 1. The topological polar surface area (TPSA) is 39.7 Å². The fraction of sp³-hybridized carbons (Fsp3) is 0.280. The molecule has 4 heteroatoms. The summed E-state index contributed by atoms with van der Waals surface area (Å²) in [6.45, 7) is 6.63. The van der Waals surface area contributed by atoms with Crippen molar-refractivity contribution in [3.63, 3.8) is 0 Å². The average Bonchev–Trinajstić information content (AvgIpc) is 2.75. The first kappa shape index (κ1) is 20.7. The predicted octanol–water partition coefficient (Wildman–Crippen LogP) is 5.27. The fourth-order valence-electron chi connectivity index (χ4n) is 3.06. The third kappa shape index (κ3) is 6.00. The van der Waals surface area contributed by atoms with Gasteiger partial charge in [-0.2, -0.15) is 0 Å². The van der Waals surface area contributed by atoms with Crippen LogP contribution in [0.2, 0.25) is 0 Å². The molecule has 0 radical (unpaired) electrons. The largest absolute Gasteiger partial charge is 0.497 e. The highest BCUT2D eigenvalue weighted by Gasteiger charge is 2.11. The molecule has 0 aliphatic heterocycles. The maximum absolute atomic E-state index is 6.20. The lowest BCUT2D eigenvalue weighted by Gasteiger charge is -2.17. The molecule has 0 amide bonds. The summed E-state index contributed by atoms with van der Waals surface area (Å²) in [5.41, 5.74) is 4.66. The van der Waals surface area contributed by atoms with Crippen LogP contribution in [-0.4, -0.2) is 13.7 Å². The maximum atomic E-state index is 6.20. The van der Waals surface area contributed by atoms with Gasteiger partial charge in [-0.1, -0.05) is 54.1 Å². The number of methoxy groups -OCH3 is 1. The Bertz CT molecular complexity index is 889. The van der Waals surface area contributed by atoms with Gasteiger partial charge in [0.15, 0.2) is 11.5 Å². The number of para-hydroxylation sites is 1. The number of aryl methyl sites for hydroxylation is 1. The third-order valence-electron chi connectivity index (χ3n) is 4.67. The van der Waals surface area contributed by atoms with Gasteiger partial charge in [0.2, 0.25) is 0 Å². The Kier molecular flexibility index (Phi) is 7.54. The minimum absolute atomic E-state index is 0.510. The highest BCUT2D eigenvalue weighted by Crippen LogP contribution is 2.32. The van der Waals surface area contributed by atoms with E-state index in [0.717, 1.165) is 34.9 Å². The molecule has 0 aliphatic rings. The molecule has 3 aromatic rings. The van der Waals surface area contributed by atoms with Crippen molar-refractivity contribution < 1.29 is 14.2 Å². The van der Waals surface area contributed by atoms with Crippen molar-refractivity contribution in [2.24, 2.45) is 0 Å². The molecular formula is C25H29NO3. The Morgan fingerprint density at radius 2 is 1.52 bits per heavy atom. The Hall–Kier alpha value is -2.98. The van der Waals surface area contributed by atoms with E-state index in [4.69, 9.17) is 14.2 Å². The first-order chi connectivity index (χ1) is 14.2. The summed E-state index contributed by atoms with van der Waals surface area (Å²) in [4.78, 5) is 0. The van der Waals surface area contributed by atoms with Gasteiger partial charge in [0.1, 0.15) is 12.4 Å². The zero-order valence-corrected chi connectivity index (χ0v) is 17.4. The van der Waals surface area contributed by atoms with Crippen LogP contribution in [0.15, 0.2) is 66.7 Å². The number of hydrogen-bond donors (Lipinski definition) is 1. The molecule has 0 aliphatic carbocycles. The van der Waals surface area contributed by atoms with Crippen LogP contribution in [0.5, 0.6) is 17.2 Å². The first-order valence-corrected chi connectivity index (χ1v) is 9.96. The number of rotatable bonds is 10. The van der Waals surface area contributed by atoms with E-state index in [9.17, 15) is 0 Å². The Labute approximate surface area is 173 Å². The molecule has 4 nitrogen and oxygen atoms in total. The summed E-state index contributed by atoms with van der Waals surface area (Å²) in [6.07, 6.45) is 0. The number of benzene rings is 3. The van der Waals surface area contributed by atoms with Gasteiger partial charge in [-0.05, 0) is 43.2 Å². The smallest absolute Gasteiger partial charge is 0.166 e. The summed E-state index contributed by atoms with van der Waals surface area (Å²) < 4.78 is 17.2. The SMILES string of the molecule is CCOc1cccc(CNCc2ccc(OC)cc2)c1OCc1ccc(C)cc1. The van der Waals surface area contributed by atoms with Gasteiger partial charge in [-0.25, -0.2) is 0 Å². The Morgan fingerprint density at radius 1 is 0.793 bits per heavy atom. The predicted molar refractivity (Wildman–Crippen MR) is 117 cm³/mol. The summed E-state index contributed by atoms with van der Waals surface area (Å²) in [7, 11) is 1.68. The van der Waals surface area contributed by atoms with E-state index in [1.54, 1.807) is 7.11 Å². The highest BCUT2D eigenvalue weighted by molar-refractivity contribution is 5.47. The third-order valence-corrected chi connectivity index (χ3v) is 4.67. The van der Waals surface area contributed by atoms with Crippen LogP contribution in [0.4, 0.5) is 0 Å². The van der Waals surface area contributed by atoms with Gasteiger partial charge in [0, 0.05) is 18.7 Å². The second-order valence-corrected chi connectivity index (χ2v) is 6.90. The second kappa shape index (κ2) is 10.5. The van der Waals surface area contributed by atoms with Crippen LogP contribution in [0.25, 0.3) is 0 Å². The van der Waals surface area contributed by atoms with Crippen molar-refractivity contribution in [1.82, 2.24) is 5.32 Å².